The Morgan fingerprint density at radius 2 is 2.12 bits per heavy atom. The van der Waals surface area contributed by atoms with E-state index >= 15 is 0 Å². The summed E-state index contributed by atoms with van der Waals surface area (Å²) in [6, 6.07) is 7.93. The fourth-order valence-electron chi connectivity index (χ4n) is 2.56. The third kappa shape index (κ3) is 2.15. The average molecular weight is 231 g/mol. The van der Waals surface area contributed by atoms with Crippen LogP contribution in [0.2, 0.25) is 0 Å². The number of hydrogen-bond donors (Lipinski definition) is 2. The average Bonchev–Trinajstić information content (AvgIpc) is 2.95. The Bertz CT molecular complexity index is 512. The largest absolute Gasteiger partial charge is 0.507 e. The third-order valence-electron chi connectivity index (χ3n) is 3.51. The van der Waals surface area contributed by atoms with Gasteiger partial charge in [0.05, 0.1) is 11.9 Å². The topological polar surface area (TPSA) is 45.4 Å². The molecule has 0 radical (unpaired) electrons. The zero-order chi connectivity index (χ0) is 11.7. The summed E-state index contributed by atoms with van der Waals surface area (Å²) < 4.78 is 5.69. The maximum absolute atomic E-state index is 9.68. The van der Waals surface area contributed by atoms with Crippen molar-refractivity contribution in [2.45, 2.75) is 38.3 Å². The molecule has 0 saturated heterocycles. The van der Waals surface area contributed by atoms with Gasteiger partial charge in [0.25, 0.3) is 0 Å². The molecule has 3 heteroatoms. The number of furan rings is 1. The lowest BCUT2D eigenvalue weighted by molar-refractivity contribution is 0.462. The fraction of sp³-hybridized carbons (Fsp3) is 0.429. The number of rotatable bonds is 3. The molecular weight excluding hydrogens is 214 g/mol. The van der Waals surface area contributed by atoms with Crippen molar-refractivity contribution in [1.29, 1.82) is 0 Å². The van der Waals surface area contributed by atoms with Crippen molar-refractivity contribution in [2.75, 3.05) is 0 Å². The molecular formula is C14H17NO2. The maximum Gasteiger partial charge on any atom is 0.138 e. The predicted octanol–water partition coefficient (Wildman–Crippen LogP) is 3.17. The van der Waals surface area contributed by atoms with Gasteiger partial charge in [0.15, 0.2) is 0 Å². The molecule has 0 spiro atoms. The van der Waals surface area contributed by atoms with Gasteiger partial charge in [-0.1, -0.05) is 18.9 Å². The van der Waals surface area contributed by atoms with Crippen molar-refractivity contribution < 1.29 is 9.52 Å². The lowest BCUT2D eigenvalue weighted by Gasteiger charge is -2.09. The molecule has 1 fully saturated rings. The van der Waals surface area contributed by atoms with Crippen LogP contribution in [0, 0.1) is 0 Å². The molecule has 90 valence electrons. The molecule has 0 aliphatic heterocycles. The Kier molecular flexibility index (Phi) is 2.77. The molecule has 0 bridgehead atoms. The van der Waals surface area contributed by atoms with Gasteiger partial charge in [0.1, 0.15) is 17.1 Å². The predicted molar refractivity (Wildman–Crippen MR) is 67.0 cm³/mol. The summed E-state index contributed by atoms with van der Waals surface area (Å²) in [6.45, 7) is 0.749. The van der Waals surface area contributed by atoms with Crippen LogP contribution >= 0.6 is 0 Å². The highest BCUT2D eigenvalue weighted by Gasteiger charge is 2.15. The number of benzene rings is 1. The van der Waals surface area contributed by atoms with Crippen LogP contribution in [0.4, 0.5) is 0 Å². The molecule has 1 aromatic heterocycles. The highest BCUT2D eigenvalue weighted by atomic mass is 16.3. The van der Waals surface area contributed by atoms with Gasteiger partial charge in [0, 0.05) is 6.04 Å². The van der Waals surface area contributed by atoms with Crippen LogP contribution in [0.3, 0.4) is 0 Å². The summed E-state index contributed by atoms with van der Waals surface area (Å²) in [5.41, 5.74) is 0.758. The van der Waals surface area contributed by atoms with E-state index in [2.05, 4.69) is 5.32 Å². The summed E-state index contributed by atoms with van der Waals surface area (Å²) in [4.78, 5) is 0. The Labute approximate surface area is 100 Å². The molecule has 0 atom stereocenters. The van der Waals surface area contributed by atoms with Crippen molar-refractivity contribution in [1.82, 2.24) is 5.32 Å². The second kappa shape index (κ2) is 4.41. The van der Waals surface area contributed by atoms with E-state index in [0.717, 1.165) is 23.3 Å². The van der Waals surface area contributed by atoms with Gasteiger partial charge in [-0.2, -0.15) is 0 Å². The van der Waals surface area contributed by atoms with Gasteiger partial charge in [0.2, 0.25) is 0 Å². The van der Waals surface area contributed by atoms with E-state index in [4.69, 9.17) is 4.42 Å². The van der Waals surface area contributed by atoms with Crippen LogP contribution in [-0.2, 0) is 6.54 Å². The highest BCUT2D eigenvalue weighted by molar-refractivity contribution is 5.84. The van der Waals surface area contributed by atoms with E-state index in [9.17, 15) is 5.11 Å². The number of phenolic OH excluding ortho intramolecular Hbond substituents is 1. The lowest BCUT2D eigenvalue weighted by atomic mass is 10.2. The highest BCUT2D eigenvalue weighted by Crippen LogP contribution is 2.27. The van der Waals surface area contributed by atoms with Gasteiger partial charge >= 0.3 is 0 Å². The smallest absolute Gasteiger partial charge is 0.138 e. The first kappa shape index (κ1) is 10.7. The summed E-state index contributed by atoms with van der Waals surface area (Å²) in [5, 5.41) is 14.0. The van der Waals surface area contributed by atoms with Crippen molar-refractivity contribution in [2.24, 2.45) is 0 Å². The molecule has 1 heterocycles. The zero-order valence-corrected chi connectivity index (χ0v) is 9.78. The molecule has 3 rings (SSSR count). The maximum atomic E-state index is 9.68. The van der Waals surface area contributed by atoms with E-state index in [1.54, 1.807) is 12.1 Å². The molecule has 1 saturated carbocycles. The summed E-state index contributed by atoms with van der Waals surface area (Å²) >= 11 is 0. The lowest BCUT2D eigenvalue weighted by Crippen LogP contribution is -2.24. The summed E-state index contributed by atoms with van der Waals surface area (Å²) in [6.07, 6.45) is 5.20. The number of phenols is 1. The van der Waals surface area contributed by atoms with E-state index in [1.165, 1.54) is 25.7 Å². The van der Waals surface area contributed by atoms with Crippen molar-refractivity contribution >= 4 is 11.0 Å². The van der Waals surface area contributed by atoms with Crippen LogP contribution in [-0.4, -0.2) is 11.1 Å². The molecule has 2 N–H and O–H groups in total. The molecule has 1 aliphatic rings. The molecule has 1 aliphatic carbocycles. The van der Waals surface area contributed by atoms with Crippen LogP contribution in [0.15, 0.2) is 28.7 Å². The molecule has 0 unspecified atom stereocenters. The van der Waals surface area contributed by atoms with E-state index in [1.807, 2.05) is 12.1 Å². The second-order valence-corrected chi connectivity index (χ2v) is 4.76. The fourth-order valence-corrected chi connectivity index (χ4v) is 2.56. The van der Waals surface area contributed by atoms with Gasteiger partial charge < -0.3 is 14.8 Å². The first-order valence-electron chi connectivity index (χ1n) is 6.27. The quantitative estimate of drug-likeness (QED) is 0.852. The molecule has 0 amide bonds. The Balaban J connectivity index is 1.74. The SMILES string of the molecule is Oc1cccc2oc(CNC3CCCC3)cc12. The van der Waals surface area contributed by atoms with Crippen LogP contribution < -0.4 is 5.32 Å². The zero-order valence-electron chi connectivity index (χ0n) is 9.78. The van der Waals surface area contributed by atoms with Gasteiger partial charge in [-0.05, 0) is 31.0 Å². The third-order valence-corrected chi connectivity index (χ3v) is 3.51. The van der Waals surface area contributed by atoms with Crippen LogP contribution in [0.5, 0.6) is 5.75 Å². The minimum Gasteiger partial charge on any atom is -0.507 e. The number of aromatic hydroxyl groups is 1. The van der Waals surface area contributed by atoms with Gasteiger partial charge in [-0.3, -0.25) is 0 Å². The number of fused-ring (bicyclic) bond motifs is 1. The van der Waals surface area contributed by atoms with Gasteiger partial charge in [-0.25, -0.2) is 0 Å². The minimum absolute atomic E-state index is 0.290. The van der Waals surface area contributed by atoms with Crippen molar-refractivity contribution in [3.63, 3.8) is 0 Å². The molecule has 17 heavy (non-hydrogen) atoms. The molecule has 1 aromatic carbocycles. The van der Waals surface area contributed by atoms with Crippen LogP contribution in [0.1, 0.15) is 31.4 Å². The molecule has 3 nitrogen and oxygen atoms in total. The Morgan fingerprint density at radius 3 is 2.88 bits per heavy atom. The summed E-state index contributed by atoms with van der Waals surface area (Å²) in [7, 11) is 0. The first-order chi connectivity index (χ1) is 8.33. The Morgan fingerprint density at radius 1 is 1.29 bits per heavy atom. The monoisotopic (exact) mass is 231 g/mol. The number of hydrogen-bond acceptors (Lipinski definition) is 3. The van der Waals surface area contributed by atoms with Gasteiger partial charge in [-0.15, -0.1) is 0 Å². The summed E-state index contributed by atoms with van der Waals surface area (Å²) in [5.74, 6) is 1.19. The normalized spacial score (nSPS) is 16.9. The standard InChI is InChI=1S/C14H17NO2/c16-13-6-3-7-14-12(13)8-11(17-14)9-15-10-4-1-2-5-10/h3,6-8,10,15-16H,1-2,4-5,9H2. The van der Waals surface area contributed by atoms with E-state index < -0.39 is 0 Å². The van der Waals surface area contributed by atoms with Crippen molar-refractivity contribution in [3.05, 3.63) is 30.0 Å². The molecule has 2 aromatic rings. The number of nitrogens with one attached hydrogen (secondary N) is 1. The van der Waals surface area contributed by atoms with E-state index in [-0.39, 0.29) is 0 Å². The van der Waals surface area contributed by atoms with Crippen LogP contribution in [0.25, 0.3) is 11.0 Å². The van der Waals surface area contributed by atoms with Crippen molar-refractivity contribution in [3.8, 4) is 5.75 Å². The first-order valence-corrected chi connectivity index (χ1v) is 6.27. The second-order valence-electron chi connectivity index (χ2n) is 4.76. The Hall–Kier alpha value is -1.48. The van der Waals surface area contributed by atoms with E-state index in [0.29, 0.717) is 11.8 Å². The minimum atomic E-state index is 0.290.